The van der Waals surface area contributed by atoms with E-state index in [0.717, 1.165) is 11.4 Å². The smallest absolute Gasteiger partial charge is 0.292 e. The van der Waals surface area contributed by atoms with Crippen LogP contribution in [0.25, 0.3) is 0 Å². The second-order valence-corrected chi connectivity index (χ2v) is 5.62. The largest absolute Gasteiger partial charge is 0.454 e. The number of hydrogen-bond acceptors (Lipinski definition) is 4. The van der Waals surface area contributed by atoms with Crippen molar-refractivity contribution < 1.29 is 9.21 Å². The zero-order valence-electron chi connectivity index (χ0n) is 13.0. The Balaban J connectivity index is 1.72. The van der Waals surface area contributed by atoms with E-state index >= 15 is 0 Å². The lowest BCUT2D eigenvalue weighted by molar-refractivity contribution is 0.0994. The second kappa shape index (κ2) is 5.92. The normalized spacial score (nSPS) is 11.0. The Morgan fingerprint density at radius 3 is 2.70 bits per heavy atom. The maximum atomic E-state index is 12.1. The first-order valence-electron chi connectivity index (χ1n) is 7.03. The molecular formula is C15H16ClN5O2. The molecule has 0 saturated heterocycles. The van der Waals surface area contributed by atoms with Gasteiger partial charge in [-0.25, -0.2) is 0 Å². The quantitative estimate of drug-likeness (QED) is 0.796. The molecule has 0 aliphatic rings. The third kappa shape index (κ3) is 3.14. The van der Waals surface area contributed by atoms with E-state index < -0.39 is 0 Å². The van der Waals surface area contributed by atoms with E-state index in [2.05, 4.69) is 15.5 Å². The molecule has 0 aliphatic heterocycles. The first kappa shape index (κ1) is 15.4. The molecule has 0 bridgehead atoms. The number of amides is 1. The van der Waals surface area contributed by atoms with Gasteiger partial charge in [0, 0.05) is 19.3 Å². The zero-order valence-corrected chi connectivity index (χ0v) is 13.8. The number of hydrogen-bond donors (Lipinski definition) is 1. The lowest BCUT2D eigenvalue weighted by Crippen LogP contribution is -2.11. The Morgan fingerprint density at radius 2 is 2.09 bits per heavy atom. The molecule has 3 rings (SSSR count). The van der Waals surface area contributed by atoms with E-state index in [4.69, 9.17) is 16.0 Å². The van der Waals surface area contributed by atoms with E-state index in [-0.39, 0.29) is 11.7 Å². The van der Waals surface area contributed by atoms with Crippen molar-refractivity contribution >= 4 is 23.3 Å². The zero-order chi connectivity index (χ0) is 16.6. The number of anilines is 1. The monoisotopic (exact) mass is 333 g/mol. The standard InChI is InChI=1S/C15H16ClN5O2/c1-9-14(16)10(2)21(18-9)8-11-4-5-12(23-11)15(22)17-13-6-7-20(3)19-13/h4-7H,8H2,1-3H3,(H,17,19,22). The lowest BCUT2D eigenvalue weighted by atomic mass is 10.4. The van der Waals surface area contributed by atoms with Gasteiger partial charge in [0.15, 0.2) is 11.6 Å². The Kier molecular flexibility index (Phi) is 3.96. The number of carbonyl (C=O) groups is 1. The Bertz CT molecular complexity index is 861. The summed E-state index contributed by atoms with van der Waals surface area (Å²) in [6, 6.07) is 5.08. The summed E-state index contributed by atoms with van der Waals surface area (Å²) in [5.41, 5.74) is 1.63. The van der Waals surface area contributed by atoms with E-state index in [1.54, 1.807) is 40.8 Å². The SMILES string of the molecule is Cc1nn(Cc2ccc(C(=O)Nc3ccn(C)n3)o2)c(C)c1Cl. The van der Waals surface area contributed by atoms with Gasteiger partial charge in [-0.05, 0) is 26.0 Å². The molecule has 0 saturated carbocycles. The van der Waals surface area contributed by atoms with Crippen molar-refractivity contribution in [3.05, 3.63) is 52.3 Å². The van der Waals surface area contributed by atoms with Gasteiger partial charge in [0.05, 0.1) is 23.0 Å². The van der Waals surface area contributed by atoms with Crippen LogP contribution < -0.4 is 5.32 Å². The van der Waals surface area contributed by atoms with Gasteiger partial charge >= 0.3 is 0 Å². The van der Waals surface area contributed by atoms with Crippen LogP contribution in [0.1, 0.15) is 27.7 Å². The molecule has 23 heavy (non-hydrogen) atoms. The van der Waals surface area contributed by atoms with Crippen LogP contribution in [-0.4, -0.2) is 25.5 Å². The highest BCUT2D eigenvalue weighted by atomic mass is 35.5. The average Bonchev–Trinajstić information content (AvgIpc) is 3.18. The van der Waals surface area contributed by atoms with Crippen molar-refractivity contribution in [1.82, 2.24) is 19.6 Å². The van der Waals surface area contributed by atoms with Gasteiger partial charge in [-0.2, -0.15) is 10.2 Å². The number of carbonyl (C=O) groups excluding carboxylic acids is 1. The highest BCUT2D eigenvalue weighted by molar-refractivity contribution is 6.31. The first-order valence-corrected chi connectivity index (χ1v) is 7.41. The second-order valence-electron chi connectivity index (χ2n) is 5.24. The predicted molar refractivity (Wildman–Crippen MR) is 85.7 cm³/mol. The van der Waals surface area contributed by atoms with Gasteiger partial charge in [0.25, 0.3) is 5.91 Å². The maximum Gasteiger partial charge on any atom is 0.292 e. The Morgan fingerprint density at radius 1 is 1.30 bits per heavy atom. The Hall–Kier alpha value is -2.54. The number of rotatable bonds is 4. The van der Waals surface area contributed by atoms with Crippen molar-refractivity contribution in [3.63, 3.8) is 0 Å². The van der Waals surface area contributed by atoms with Crippen LogP contribution in [0.15, 0.2) is 28.8 Å². The highest BCUT2D eigenvalue weighted by Gasteiger charge is 2.15. The summed E-state index contributed by atoms with van der Waals surface area (Å²) in [4.78, 5) is 12.1. The molecule has 120 valence electrons. The van der Waals surface area contributed by atoms with Crippen LogP contribution in [0.3, 0.4) is 0 Å². The number of aromatic nitrogens is 4. The van der Waals surface area contributed by atoms with Gasteiger partial charge in [-0.1, -0.05) is 11.6 Å². The van der Waals surface area contributed by atoms with Crippen molar-refractivity contribution in [2.45, 2.75) is 20.4 Å². The molecule has 0 aromatic carbocycles. The molecule has 0 atom stereocenters. The minimum atomic E-state index is -0.346. The van der Waals surface area contributed by atoms with E-state index in [1.807, 2.05) is 13.8 Å². The summed E-state index contributed by atoms with van der Waals surface area (Å²) >= 11 is 6.13. The van der Waals surface area contributed by atoms with Crippen LogP contribution in [0, 0.1) is 13.8 Å². The molecule has 3 aromatic heterocycles. The van der Waals surface area contributed by atoms with Crippen LogP contribution >= 0.6 is 11.6 Å². The van der Waals surface area contributed by atoms with Gasteiger partial charge < -0.3 is 9.73 Å². The first-order chi connectivity index (χ1) is 10.9. The molecule has 0 unspecified atom stereocenters. The van der Waals surface area contributed by atoms with Crippen LogP contribution in [0.4, 0.5) is 5.82 Å². The number of halogens is 1. The molecule has 7 nitrogen and oxygen atoms in total. The van der Waals surface area contributed by atoms with Crippen molar-refractivity contribution in [3.8, 4) is 0 Å². The fourth-order valence-corrected chi connectivity index (χ4v) is 2.36. The lowest BCUT2D eigenvalue weighted by Gasteiger charge is -2.02. The molecule has 8 heteroatoms. The van der Waals surface area contributed by atoms with Crippen molar-refractivity contribution in [1.29, 1.82) is 0 Å². The van der Waals surface area contributed by atoms with Gasteiger partial charge in [0.1, 0.15) is 5.76 Å². The molecule has 0 aliphatic carbocycles. The summed E-state index contributed by atoms with van der Waals surface area (Å²) in [5.74, 6) is 0.971. The van der Waals surface area contributed by atoms with Crippen LogP contribution in [0.2, 0.25) is 5.02 Å². The summed E-state index contributed by atoms with van der Waals surface area (Å²) in [7, 11) is 1.78. The fourth-order valence-electron chi connectivity index (χ4n) is 2.22. The van der Waals surface area contributed by atoms with Gasteiger partial charge in [0.2, 0.25) is 0 Å². The predicted octanol–water partition coefficient (Wildman–Crippen LogP) is 2.78. The van der Waals surface area contributed by atoms with Gasteiger partial charge in [-0.15, -0.1) is 0 Å². The van der Waals surface area contributed by atoms with E-state index in [1.165, 1.54) is 0 Å². The molecule has 0 spiro atoms. The number of nitrogens with zero attached hydrogens (tertiary/aromatic N) is 4. The van der Waals surface area contributed by atoms with Gasteiger partial charge in [-0.3, -0.25) is 14.2 Å². The molecule has 3 aromatic rings. The third-order valence-electron chi connectivity index (χ3n) is 3.44. The summed E-state index contributed by atoms with van der Waals surface area (Å²) < 4.78 is 8.94. The molecule has 1 N–H and O–H groups in total. The molecule has 0 radical (unpaired) electrons. The molecule has 1 amide bonds. The molecule has 3 heterocycles. The molecular weight excluding hydrogens is 318 g/mol. The summed E-state index contributed by atoms with van der Waals surface area (Å²) in [6.45, 7) is 4.15. The van der Waals surface area contributed by atoms with Crippen LogP contribution in [-0.2, 0) is 13.6 Å². The van der Waals surface area contributed by atoms with Crippen molar-refractivity contribution in [2.75, 3.05) is 5.32 Å². The van der Waals surface area contributed by atoms with Crippen molar-refractivity contribution in [2.24, 2.45) is 7.05 Å². The minimum absolute atomic E-state index is 0.221. The highest BCUT2D eigenvalue weighted by Crippen LogP contribution is 2.20. The Labute approximate surface area is 137 Å². The number of aryl methyl sites for hydroxylation is 2. The number of furan rings is 1. The minimum Gasteiger partial charge on any atom is -0.454 e. The van der Waals surface area contributed by atoms with Crippen LogP contribution in [0.5, 0.6) is 0 Å². The van der Waals surface area contributed by atoms with E-state index in [9.17, 15) is 4.79 Å². The average molecular weight is 334 g/mol. The summed E-state index contributed by atoms with van der Waals surface area (Å²) in [5, 5.41) is 11.7. The maximum absolute atomic E-state index is 12.1. The third-order valence-corrected chi connectivity index (χ3v) is 3.99. The van der Waals surface area contributed by atoms with E-state index in [0.29, 0.717) is 23.1 Å². The molecule has 0 fully saturated rings. The summed E-state index contributed by atoms with van der Waals surface area (Å²) in [6.07, 6.45) is 1.75. The number of nitrogens with one attached hydrogen (secondary N) is 1. The topological polar surface area (TPSA) is 77.9 Å². The fraction of sp³-hybridized carbons (Fsp3) is 0.267.